The summed E-state index contributed by atoms with van der Waals surface area (Å²) >= 11 is 0. The van der Waals surface area contributed by atoms with E-state index in [2.05, 4.69) is 44.3 Å². The van der Waals surface area contributed by atoms with Gasteiger partial charge in [-0.1, -0.05) is 12.1 Å². The molecule has 1 aliphatic rings. The first-order valence-electron chi connectivity index (χ1n) is 7.05. The van der Waals surface area contributed by atoms with Crippen molar-refractivity contribution in [2.75, 3.05) is 14.2 Å². The lowest BCUT2D eigenvalue weighted by atomic mass is 10.0. The van der Waals surface area contributed by atoms with Crippen LogP contribution in [-0.4, -0.2) is 32.2 Å². The zero-order valence-electron chi connectivity index (χ0n) is 13.0. The van der Waals surface area contributed by atoms with Crippen molar-refractivity contribution in [3.63, 3.8) is 0 Å². The van der Waals surface area contributed by atoms with Crippen LogP contribution >= 0.6 is 0 Å². The zero-order valence-corrected chi connectivity index (χ0v) is 13.0. The molecule has 0 aliphatic carbocycles. The monoisotopic (exact) mass is 279 g/mol. The molecule has 0 aromatic heterocycles. The number of methoxy groups -OCH3 is 2. The van der Waals surface area contributed by atoms with Crippen molar-refractivity contribution < 1.29 is 14.2 Å². The summed E-state index contributed by atoms with van der Waals surface area (Å²) < 4.78 is 16.4. The summed E-state index contributed by atoms with van der Waals surface area (Å²) in [5.41, 5.74) is 2.46. The first-order valence-corrected chi connectivity index (χ1v) is 7.05. The fraction of sp³-hybridized carbons (Fsp3) is 0.625. The van der Waals surface area contributed by atoms with Crippen LogP contribution in [0.5, 0.6) is 5.75 Å². The van der Waals surface area contributed by atoms with Crippen molar-refractivity contribution in [1.29, 1.82) is 0 Å². The van der Waals surface area contributed by atoms with E-state index in [9.17, 15) is 0 Å². The predicted molar refractivity (Wildman–Crippen MR) is 79.0 cm³/mol. The van der Waals surface area contributed by atoms with E-state index < -0.39 is 0 Å². The minimum absolute atomic E-state index is 0.0845. The Bertz CT molecular complexity index is 455. The molecule has 0 fully saturated rings. The van der Waals surface area contributed by atoms with Crippen LogP contribution in [0.15, 0.2) is 18.2 Å². The second-order valence-electron chi connectivity index (χ2n) is 5.99. The van der Waals surface area contributed by atoms with Crippen LogP contribution in [0.3, 0.4) is 0 Å². The van der Waals surface area contributed by atoms with Crippen LogP contribution in [0.2, 0.25) is 0 Å². The van der Waals surface area contributed by atoms with E-state index >= 15 is 0 Å². The van der Waals surface area contributed by atoms with Crippen molar-refractivity contribution in [3.05, 3.63) is 29.3 Å². The summed E-state index contributed by atoms with van der Waals surface area (Å²) in [5, 5.41) is 3.42. The zero-order chi connectivity index (χ0) is 14.8. The molecule has 1 unspecified atom stereocenters. The van der Waals surface area contributed by atoms with Crippen molar-refractivity contribution in [1.82, 2.24) is 5.32 Å². The Hall–Kier alpha value is -1.10. The Labute approximate surface area is 121 Å². The van der Waals surface area contributed by atoms with Gasteiger partial charge in [0.05, 0.1) is 6.04 Å². The summed E-state index contributed by atoms with van der Waals surface area (Å²) in [5.74, 6) is 1.01. The molecule has 1 aromatic carbocycles. The number of hydrogen-bond donors (Lipinski definition) is 1. The number of rotatable bonds is 6. The molecule has 2 rings (SSSR count). The maximum atomic E-state index is 5.89. The standard InChI is InChI=1S/C16H25NO3/c1-11(15(18-4)19-5)17-10-12-6-7-14-13(8-12)9-16(2,3)20-14/h6-8,11,15,17H,9-10H2,1-5H3. The van der Waals surface area contributed by atoms with E-state index in [4.69, 9.17) is 14.2 Å². The highest BCUT2D eigenvalue weighted by Crippen LogP contribution is 2.35. The first-order chi connectivity index (χ1) is 9.45. The van der Waals surface area contributed by atoms with E-state index in [-0.39, 0.29) is 17.9 Å². The smallest absolute Gasteiger partial charge is 0.171 e. The summed E-state index contributed by atoms with van der Waals surface area (Å²) in [6.45, 7) is 7.08. The van der Waals surface area contributed by atoms with Gasteiger partial charge in [-0.05, 0) is 38.0 Å². The summed E-state index contributed by atoms with van der Waals surface area (Å²) in [7, 11) is 3.31. The van der Waals surface area contributed by atoms with Gasteiger partial charge in [-0.25, -0.2) is 0 Å². The molecule has 0 spiro atoms. The Morgan fingerprint density at radius 3 is 2.65 bits per heavy atom. The van der Waals surface area contributed by atoms with Crippen LogP contribution in [0.4, 0.5) is 0 Å². The van der Waals surface area contributed by atoms with Gasteiger partial charge < -0.3 is 19.5 Å². The second kappa shape index (κ2) is 6.12. The minimum Gasteiger partial charge on any atom is -0.487 e. The average molecular weight is 279 g/mol. The molecule has 1 aliphatic heterocycles. The fourth-order valence-corrected chi connectivity index (χ4v) is 2.65. The molecule has 0 saturated carbocycles. The predicted octanol–water partition coefficient (Wildman–Crippen LogP) is 2.50. The molecule has 0 saturated heterocycles. The van der Waals surface area contributed by atoms with Crippen LogP contribution < -0.4 is 10.1 Å². The minimum atomic E-state index is -0.230. The molecule has 112 valence electrons. The molecule has 0 amide bonds. The lowest BCUT2D eigenvalue weighted by Crippen LogP contribution is -2.39. The molecule has 20 heavy (non-hydrogen) atoms. The third-order valence-corrected chi connectivity index (χ3v) is 3.63. The SMILES string of the molecule is COC(OC)C(C)NCc1ccc2c(c1)CC(C)(C)O2. The summed E-state index contributed by atoms with van der Waals surface area (Å²) in [4.78, 5) is 0. The third kappa shape index (κ3) is 3.51. The molecule has 0 radical (unpaired) electrons. The maximum Gasteiger partial charge on any atom is 0.171 e. The quantitative estimate of drug-likeness (QED) is 0.812. The Kier molecular flexibility index (Phi) is 4.68. The Balaban J connectivity index is 1.96. The number of fused-ring (bicyclic) bond motifs is 1. The average Bonchev–Trinajstić information content (AvgIpc) is 2.70. The second-order valence-corrected chi connectivity index (χ2v) is 5.99. The number of benzene rings is 1. The Morgan fingerprint density at radius 1 is 1.30 bits per heavy atom. The van der Waals surface area contributed by atoms with Crippen molar-refractivity contribution in [3.8, 4) is 5.75 Å². The topological polar surface area (TPSA) is 39.7 Å². The molecule has 1 atom stereocenters. The normalized spacial score (nSPS) is 17.9. The largest absolute Gasteiger partial charge is 0.487 e. The van der Waals surface area contributed by atoms with Crippen molar-refractivity contribution in [2.45, 2.75) is 51.7 Å². The van der Waals surface area contributed by atoms with E-state index in [1.165, 1.54) is 11.1 Å². The van der Waals surface area contributed by atoms with E-state index in [1.54, 1.807) is 14.2 Å². The van der Waals surface area contributed by atoms with Crippen molar-refractivity contribution >= 4 is 0 Å². The number of hydrogen-bond acceptors (Lipinski definition) is 4. The molecule has 1 heterocycles. The van der Waals surface area contributed by atoms with Crippen molar-refractivity contribution in [2.24, 2.45) is 0 Å². The summed E-state index contributed by atoms with van der Waals surface area (Å²) in [6, 6.07) is 6.52. The van der Waals surface area contributed by atoms with Gasteiger partial charge in [-0.3, -0.25) is 0 Å². The molecule has 4 heteroatoms. The molecule has 4 nitrogen and oxygen atoms in total. The lowest BCUT2D eigenvalue weighted by molar-refractivity contribution is -0.119. The molecular formula is C16H25NO3. The van der Waals surface area contributed by atoms with E-state index in [0.717, 1.165) is 18.7 Å². The molecule has 1 aromatic rings. The maximum absolute atomic E-state index is 5.89. The van der Waals surface area contributed by atoms with E-state index in [0.29, 0.717) is 0 Å². The number of nitrogens with one attached hydrogen (secondary N) is 1. The fourth-order valence-electron chi connectivity index (χ4n) is 2.65. The number of ether oxygens (including phenoxy) is 3. The third-order valence-electron chi connectivity index (χ3n) is 3.63. The van der Waals surface area contributed by atoms with Crippen LogP contribution in [0.1, 0.15) is 31.9 Å². The molecular weight excluding hydrogens is 254 g/mol. The molecule has 0 bridgehead atoms. The van der Waals surface area contributed by atoms with Crippen LogP contribution in [-0.2, 0) is 22.4 Å². The van der Waals surface area contributed by atoms with Gasteiger partial charge in [0.15, 0.2) is 6.29 Å². The highest BCUT2D eigenvalue weighted by atomic mass is 16.7. The highest BCUT2D eigenvalue weighted by molar-refractivity contribution is 5.41. The van der Waals surface area contributed by atoms with Crippen LogP contribution in [0, 0.1) is 0 Å². The highest BCUT2D eigenvalue weighted by Gasteiger charge is 2.29. The first kappa shape index (κ1) is 15.3. The van der Waals surface area contributed by atoms with Gasteiger partial charge in [-0.2, -0.15) is 0 Å². The Morgan fingerprint density at radius 2 is 2.00 bits per heavy atom. The van der Waals surface area contributed by atoms with E-state index in [1.807, 2.05) is 0 Å². The van der Waals surface area contributed by atoms with Crippen LogP contribution in [0.25, 0.3) is 0 Å². The lowest BCUT2D eigenvalue weighted by Gasteiger charge is -2.22. The van der Waals surface area contributed by atoms with Gasteiger partial charge in [0, 0.05) is 27.2 Å². The van der Waals surface area contributed by atoms with Gasteiger partial charge in [0.1, 0.15) is 11.4 Å². The van der Waals surface area contributed by atoms with Gasteiger partial charge in [0.2, 0.25) is 0 Å². The molecule has 1 N–H and O–H groups in total. The van der Waals surface area contributed by atoms with Gasteiger partial charge in [-0.15, -0.1) is 0 Å². The van der Waals surface area contributed by atoms with Gasteiger partial charge >= 0.3 is 0 Å². The summed E-state index contributed by atoms with van der Waals surface area (Å²) in [6.07, 6.45) is 0.733. The van der Waals surface area contributed by atoms with Gasteiger partial charge in [0.25, 0.3) is 0 Å².